The number of hydrogen-bond acceptors (Lipinski definition) is 6. The fourth-order valence-corrected chi connectivity index (χ4v) is 3.96. The van der Waals surface area contributed by atoms with E-state index in [1.807, 2.05) is 32.9 Å². The summed E-state index contributed by atoms with van der Waals surface area (Å²) in [7, 11) is 0. The standard InChI is InChI=1S/C27H28N6O3/c1-4-14-32-26(34)31-25(33(27(32)35)17-20-10-8-18(2)9-11-20)30-21-12-13-23(19(3)15-21)36-24-7-5-6-22(16-28)29-24/h5-10,12-13,15,20H,4,11,14,17H2,1-3H3,(H,30,31,34). The van der Waals surface area contributed by atoms with Crippen LogP contribution in [0.15, 0.2) is 74.8 Å². The molecule has 0 fully saturated rings. The lowest BCUT2D eigenvalue weighted by molar-refractivity contribution is 0.444. The average molecular weight is 485 g/mol. The summed E-state index contributed by atoms with van der Waals surface area (Å²) in [6, 6.07) is 12.3. The van der Waals surface area contributed by atoms with Crippen LogP contribution in [0.4, 0.5) is 5.69 Å². The van der Waals surface area contributed by atoms with Crippen LogP contribution >= 0.6 is 0 Å². The van der Waals surface area contributed by atoms with E-state index >= 15 is 0 Å². The first kappa shape index (κ1) is 24.7. The van der Waals surface area contributed by atoms with E-state index in [2.05, 4.69) is 27.1 Å². The number of aromatic amines is 1. The first-order chi connectivity index (χ1) is 17.4. The number of rotatable bonds is 7. The largest absolute Gasteiger partial charge is 0.439 e. The summed E-state index contributed by atoms with van der Waals surface area (Å²) in [5, 5.41) is 9.04. The van der Waals surface area contributed by atoms with Crippen molar-refractivity contribution in [1.82, 2.24) is 19.1 Å². The molecule has 2 heterocycles. The fourth-order valence-electron chi connectivity index (χ4n) is 3.96. The molecule has 1 atom stereocenters. The molecule has 36 heavy (non-hydrogen) atoms. The van der Waals surface area contributed by atoms with Gasteiger partial charge >= 0.3 is 11.4 Å². The molecule has 1 N–H and O–H groups in total. The average Bonchev–Trinajstić information content (AvgIpc) is 2.87. The highest BCUT2D eigenvalue weighted by atomic mass is 16.5. The lowest BCUT2D eigenvalue weighted by atomic mass is 9.97. The SMILES string of the molecule is CCCn1c(=O)[nH]/c(=N\c2ccc(Oc3cccc(C#N)n3)c(C)c2)n(CC2C=CC(C)=CC2)c1=O. The number of H-pyrrole nitrogens is 1. The number of nitrogens with zero attached hydrogens (tertiary/aromatic N) is 5. The van der Waals surface area contributed by atoms with Gasteiger partial charge in [0, 0.05) is 19.2 Å². The number of aromatic nitrogens is 4. The predicted molar refractivity (Wildman–Crippen MR) is 136 cm³/mol. The third kappa shape index (κ3) is 5.61. The van der Waals surface area contributed by atoms with Gasteiger partial charge < -0.3 is 4.74 Å². The van der Waals surface area contributed by atoms with Gasteiger partial charge in [-0.2, -0.15) is 5.26 Å². The summed E-state index contributed by atoms with van der Waals surface area (Å²) in [4.78, 5) is 37.5. The number of nitriles is 1. The summed E-state index contributed by atoms with van der Waals surface area (Å²) >= 11 is 0. The highest BCUT2D eigenvalue weighted by molar-refractivity contribution is 5.47. The van der Waals surface area contributed by atoms with E-state index < -0.39 is 5.69 Å². The predicted octanol–water partition coefficient (Wildman–Crippen LogP) is 3.87. The van der Waals surface area contributed by atoms with E-state index in [0.717, 1.165) is 12.0 Å². The van der Waals surface area contributed by atoms with Crippen LogP contribution in [0, 0.1) is 24.2 Å². The lowest BCUT2D eigenvalue weighted by Crippen LogP contribution is -2.50. The Morgan fingerprint density at radius 3 is 2.75 bits per heavy atom. The van der Waals surface area contributed by atoms with Crippen molar-refractivity contribution in [3.63, 3.8) is 0 Å². The topological polar surface area (TPSA) is 118 Å². The Labute approximate surface area is 208 Å². The quantitative estimate of drug-likeness (QED) is 0.546. The van der Waals surface area contributed by atoms with Gasteiger partial charge in [-0.1, -0.05) is 36.8 Å². The van der Waals surface area contributed by atoms with Gasteiger partial charge in [0.05, 0.1) is 5.69 Å². The van der Waals surface area contributed by atoms with Crippen molar-refractivity contribution in [2.24, 2.45) is 10.9 Å². The molecule has 0 aliphatic heterocycles. The maximum Gasteiger partial charge on any atom is 0.334 e. The maximum atomic E-state index is 13.3. The number of ether oxygens (including phenoxy) is 1. The van der Waals surface area contributed by atoms with Crippen molar-refractivity contribution in [1.29, 1.82) is 5.26 Å². The second-order valence-corrected chi connectivity index (χ2v) is 8.74. The van der Waals surface area contributed by atoms with Gasteiger partial charge in [0.25, 0.3) is 0 Å². The van der Waals surface area contributed by atoms with Gasteiger partial charge in [0.1, 0.15) is 17.5 Å². The molecule has 9 heteroatoms. The van der Waals surface area contributed by atoms with Crippen molar-refractivity contribution in [2.75, 3.05) is 0 Å². The molecular formula is C27H28N6O3. The molecule has 184 valence electrons. The molecule has 0 amide bonds. The second kappa shape index (κ2) is 10.9. The third-order valence-corrected chi connectivity index (χ3v) is 5.87. The monoisotopic (exact) mass is 484 g/mol. The van der Waals surface area contributed by atoms with Crippen molar-refractivity contribution >= 4 is 5.69 Å². The highest BCUT2D eigenvalue weighted by Gasteiger charge is 2.14. The smallest absolute Gasteiger partial charge is 0.334 e. The minimum absolute atomic E-state index is 0.121. The van der Waals surface area contributed by atoms with E-state index in [9.17, 15) is 9.59 Å². The number of pyridine rings is 1. The Hall–Kier alpha value is -4.45. The van der Waals surface area contributed by atoms with Gasteiger partial charge in [0.15, 0.2) is 0 Å². The molecular weight excluding hydrogens is 456 g/mol. The minimum Gasteiger partial charge on any atom is -0.439 e. The Morgan fingerprint density at radius 1 is 1.22 bits per heavy atom. The van der Waals surface area contributed by atoms with Crippen LogP contribution in [0.2, 0.25) is 0 Å². The van der Waals surface area contributed by atoms with Crippen LogP contribution in [0.5, 0.6) is 11.6 Å². The second-order valence-electron chi connectivity index (χ2n) is 8.74. The number of allylic oxidation sites excluding steroid dienone is 4. The fraction of sp³-hybridized carbons (Fsp3) is 0.296. The summed E-state index contributed by atoms with van der Waals surface area (Å²) < 4.78 is 8.60. The molecule has 0 bridgehead atoms. The molecule has 1 aliphatic carbocycles. The van der Waals surface area contributed by atoms with Crippen LogP contribution in [-0.4, -0.2) is 19.1 Å². The Morgan fingerprint density at radius 2 is 2.06 bits per heavy atom. The third-order valence-electron chi connectivity index (χ3n) is 5.87. The molecule has 1 unspecified atom stereocenters. The van der Waals surface area contributed by atoms with E-state index in [1.54, 1.807) is 36.4 Å². The van der Waals surface area contributed by atoms with Crippen molar-refractivity contribution in [3.05, 3.63) is 98.0 Å². The van der Waals surface area contributed by atoms with Crippen LogP contribution < -0.4 is 21.7 Å². The van der Waals surface area contributed by atoms with Gasteiger partial charge in [0.2, 0.25) is 11.5 Å². The number of hydrogen-bond donors (Lipinski definition) is 1. The molecule has 4 rings (SSSR count). The van der Waals surface area contributed by atoms with Crippen LogP contribution in [-0.2, 0) is 13.1 Å². The molecule has 9 nitrogen and oxygen atoms in total. The molecule has 0 radical (unpaired) electrons. The molecule has 2 aromatic heterocycles. The zero-order valence-electron chi connectivity index (χ0n) is 20.6. The van der Waals surface area contributed by atoms with Gasteiger partial charge in [-0.3, -0.25) is 9.55 Å². The first-order valence-electron chi connectivity index (χ1n) is 11.9. The molecule has 0 saturated heterocycles. The van der Waals surface area contributed by atoms with Crippen LogP contribution in [0.3, 0.4) is 0 Å². The van der Waals surface area contributed by atoms with E-state index in [4.69, 9.17) is 10.00 Å². The zero-order chi connectivity index (χ0) is 25.7. The number of nitrogens with one attached hydrogen (secondary N) is 1. The maximum absolute atomic E-state index is 13.3. The molecule has 1 aliphatic rings. The highest BCUT2D eigenvalue weighted by Crippen LogP contribution is 2.27. The summed E-state index contributed by atoms with van der Waals surface area (Å²) in [5.74, 6) is 0.995. The van der Waals surface area contributed by atoms with Crippen LogP contribution in [0.1, 0.15) is 37.9 Å². The first-order valence-corrected chi connectivity index (χ1v) is 11.9. The van der Waals surface area contributed by atoms with Crippen LogP contribution in [0.25, 0.3) is 0 Å². The van der Waals surface area contributed by atoms with E-state index in [1.165, 1.54) is 14.7 Å². The summed E-state index contributed by atoms with van der Waals surface area (Å²) in [6.07, 6.45) is 7.75. The summed E-state index contributed by atoms with van der Waals surface area (Å²) in [5.41, 5.74) is 2.15. The summed E-state index contributed by atoms with van der Waals surface area (Å²) in [6.45, 7) is 6.56. The Balaban J connectivity index is 1.71. The normalized spacial score (nSPS) is 15.4. The Bertz CT molecular complexity index is 1570. The Kier molecular flexibility index (Phi) is 7.44. The van der Waals surface area contributed by atoms with E-state index in [-0.39, 0.29) is 22.9 Å². The van der Waals surface area contributed by atoms with Gasteiger partial charge in [-0.15, -0.1) is 0 Å². The van der Waals surface area contributed by atoms with Crippen molar-refractivity contribution in [3.8, 4) is 17.7 Å². The van der Waals surface area contributed by atoms with Crippen molar-refractivity contribution in [2.45, 2.75) is 46.7 Å². The van der Waals surface area contributed by atoms with Crippen molar-refractivity contribution < 1.29 is 4.74 Å². The van der Waals surface area contributed by atoms with Gasteiger partial charge in [-0.05, 0) is 62.4 Å². The minimum atomic E-state index is -0.480. The molecule has 0 spiro atoms. The van der Waals surface area contributed by atoms with Gasteiger partial charge in [-0.25, -0.2) is 24.1 Å². The van der Waals surface area contributed by atoms with E-state index in [0.29, 0.717) is 36.8 Å². The zero-order valence-corrected chi connectivity index (χ0v) is 20.6. The molecule has 3 aromatic rings. The molecule has 1 aromatic carbocycles. The lowest BCUT2D eigenvalue weighted by Gasteiger charge is -2.17. The number of benzene rings is 1. The number of aryl methyl sites for hydroxylation is 1. The molecule has 0 saturated carbocycles.